The van der Waals surface area contributed by atoms with Crippen molar-refractivity contribution in [1.29, 1.82) is 5.26 Å². The lowest BCUT2D eigenvalue weighted by Gasteiger charge is -2.26. The minimum atomic E-state index is -4.15. The van der Waals surface area contributed by atoms with Gasteiger partial charge in [0.25, 0.3) is 10.0 Å². The average Bonchev–Trinajstić information content (AvgIpc) is 3.24. The summed E-state index contributed by atoms with van der Waals surface area (Å²) in [5.41, 5.74) is 0.173. The van der Waals surface area contributed by atoms with Gasteiger partial charge in [-0.3, -0.25) is 4.79 Å². The van der Waals surface area contributed by atoms with Gasteiger partial charge in [-0.15, -0.1) is 11.8 Å². The number of rotatable bonds is 9. The van der Waals surface area contributed by atoms with Crippen molar-refractivity contribution in [2.24, 2.45) is 0 Å². The summed E-state index contributed by atoms with van der Waals surface area (Å²) < 4.78 is 27.1. The van der Waals surface area contributed by atoms with Gasteiger partial charge in [0.15, 0.2) is 0 Å². The normalized spacial score (nSPS) is 18.1. The van der Waals surface area contributed by atoms with Crippen molar-refractivity contribution >= 4 is 33.7 Å². The molecule has 0 aliphatic carbocycles. The molecule has 2 saturated heterocycles. The summed E-state index contributed by atoms with van der Waals surface area (Å²) in [5, 5.41) is 14.2. The van der Waals surface area contributed by atoms with Gasteiger partial charge in [0.2, 0.25) is 5.91 Å². The molecule has 0 saturated carbocycles. The minimum Gasteiger partial charge on any atom is -0.354 e. The van der Waals surface area contributed by atoms with E-state index in [0.29, 0.717) is 17.9 Å². The van der Waals surface area contributed by atoms with Crippen molar-refractivity contribution in [2.45, 2.75) is 47.6 Å². The zero-order chi connectivity index (χ0) is 23.1. The number of urea groups is 1. The van der Waals surface area contributed by atoms with Gasteiger partial charge in [-0.1, -0.05) is 13.3 Å². The Labute approximate surface area is 193 Å². The van der Waals surface area contributed by atoms with Crippen LogP contribution in [0.4, 0.5) is 4.79 Å². The Hall–Kier alpha value is -2.29. The van der Waals surface area contributed by atoms with E-state index in [-0.39, 0.29) is 29.5 Å². The Morgan fingerprint density at radius 3 is 2.66 bits per heavy atom. The molecule has 174 valence electrons. The molecule has 0 aromatic heterocycles. The van der Waals surface area contributed by atoms with Crippen molar-refractivity contribution in [3.8, 4) is 6.07 Å². The van der Waals surface area contributed by atoms with E-state index >= 15 is 0 Å². The van der Waals surface area contributed by atoms with Gasteiger partial charge in [-0.05, 0) is 50.6 Å². The summed E-state index contributed by atoms with van der Waals surface area (Å²) >= 11 is 1.14. The first-order valence-electron chi connectivity index (χ1n) is 10.9. The number of hydrogen-bond donors (Lipinski definition) is 2. The molecular weight excluding hydrogens is 450 g/mol. The van der Waals surface area contributed by atoms with Gasteiger partial charge in [0.1, 0.15) is 4.90 Å². The van der Waals surface area contributed by atoms with Gasteiger partial charge in [0, 0.05) is 24.5 Å². The maximum Gasteiger partial charge on any atom is 0.331 e. The number of amides is 3. The Morgan fingerprint density at radius 1 is 1.28 bits per heavy atom. The lowest BCUT2D eigenvalue weighted by Crippen LogP contribution is -2.40. The summed E-state index contributed by atoms with van der Waals surface area (Å²) in [5.74, 6) is -0.152. The molecule has 2 fully saturated rings. The topological polar surface area (TPSA) is 123 Å². The molecule has 32 heavy (non-hydrogen) atoms. The number of carbonyl (C=O) groups excluding carboxylic acids is 2. The minimum absolute atomic E-state index is 0.0241. The van der Waals surface area contributed by atoms with Crippen LogP contribution in [0.3, 0.4) is 0 Å². The fourth-order valence-corrected chi connectivity index (χ4v) is 6.68. The third-order valence-electron chi connectivity index (χ3n) is 5.57. The van der Waals surface area contributed by atoms with Crippen LogP contribution < -0.4 is 10.6 Å². The van der Waals surface area contributed by atoms with E-state index in [1.165, 1.54) is 37.5 Å². The van der Waals surface area contributed by atoms with Crippen LogP contribution in [0.25, 0.3) is 0 Å². The van der Waals surface area contributed by atoms with Gasteiger partial charge in [-0.2, -0.15) is 5.26 Å². The molecule has 1 aromatic carbocycles. The second-order valence-electron chi connectivity index (χ2n) is 7.79. The van der Waals surface area contributed by atoms with E-state index in [2.05, 4.69) is 15.5 Å². The number of carbonyl (C=O) groups is 2. The van der Waals surface area contributed by atoms with E-state index in [1.54, 1.807) is 0 Å². The molecule has 2 aliphatic heterocycles. The van der Waals surface area contributed by atoms with Crippen molar-refractivity contribution in [2.75, 3.05) is 39.3 Å². The summed E-state index contributed by atoms with van der Waals surface area (Å²) in [7, 11) is -4.15. The molecule has 1 unspecified atom stereocenters. The van der Waals surface area contributed by atoms with Gasteiger partial charge in [-0.25, -0.2) is 17.5 Å². The van der Waals surface area contributed by atoms with Crippen molar-refractivity contribution < 1.29 is 18.0 Å². The molecule has 0 radical (unpaired) electrons. The number of nitrogens with zero attached hydrogens (tertiary/aromatic N) is 3. The second-order valence-corrected chi connectivity index (χ2v) is 10.9. The lowest BCUT2D eigenvalue weighted by molar-refractivity contribution is -0.120. The fraction of sp³-hybridized carbons (Fsp3) is 0.571. The Morgan fingerprint density at radius 2 is 2.03 bits per heavy atom. The number of nitriles is 1. The molecule has 3 rings (SSSR count). The van der Waals surface area contributed by atoms with Crippen LogP contribution in [0.5, 0.6) is 0 Å². The third-order valence-corrected chi connectivity index (χ3v) is 8.96. The van der Waals surface area contributed by atoms with Crippen LogP contribution in [0, 0.1) is 11.3 Å². The first-order chi connectivity index (χ1) is 15.4. The molecule has 9 nitrogen and oxygen atoms in total. The number of sulfonamides is 1. The van der Waals surface area contributed by atoms with E-state index in [4.69, 9.17) is 0 Å². The highest BCUT2D eigenvalue weighted by atomic mass is 32.2. The highest BCUT2D eigenvalue weighted by Crippen LogP contribution is 2.34. The molecular formula is C21H29N5O4S2. The quantitative estimate of drug-likeness (QED) is 0.517. The third kappa shape index (κ3) is 5.74. The summed E-state index contributed by atoms with van der Waals surface area (Å²) in [6.07, 6.45) is 4.13. The van der Waals surface area contributed by atoms with Crippen LogP contribution in [0.2, 0.25) is 0 Å². The molecule has 2 heterocycles. The molecule has 11 heteroatoms. The molecule has 0 spiro atoms. The molecule has 1 atom stereocenters. The van der Waals surface area contributed by atoms with Crippen LogP contribution in [0.1, 0.15) is 38.2 Å². The monoisotopic (exact) mass is 479 g/mol. The van der Waals surface area contributed by atoms with Gasteiger partial charge in [0.05, 0.1) is 23.4 Å². The SMILES string of the molecule is CCC(Sc1ccc(C#N)cc1S(=O)(=O)N1CCNC1=O)C(=O)NCCN1CCCCC1. The van der Waals surface area contributed by atoms with E-state index < -0.39 is 21.3 Å². The number of hydrogen-bond acceptors (Lipinski definition) is 7. The van der Waals surface area contributed by atoms with Crippen LogP contribution >= 0.6 is 11.8 Å². The first-order valence-corrected chi connectivity index (χ1v) is 13.2. The predicted molar refractivity (Wildman–Crippen MR) is 122 cm³/mol. The number of piperidine rings is 1. The van der Waals surface area contributed by atoms with Gasteiger partial charge >= 0.3 is 6.03 Å². The predicted octanol–water partition coefficient (Wildman–Crippen LogP) is 1.74. The van der Waals surface area contributed by atoms with Crippen LogP contribution in [0.15, 0.2) is 28.0 Å². The van der Waals surface area contributed by atoms with Crippen molar-refractivity contribution in [1.82, 2.24) is 19.8 Å². The maximum atomic E-state index is 13.2. The highest BCUT2D eigenvalue weighted by Gasteiger charge is 2.35. The molecule has 1 aromatic rings. The Kier molecular flexibility index (Phi) is 8.39. The Bertz CT molecular complexity index is 986. The van der Waals surface area contributed by atoms with E-state index in [0.717, 1.165) is 35.7 Å². The molecule has 3 amide bonds. The second kappa shape index (κ2) is 11.0. The zero-order valence-corrected chi connectivity index (χ0v) is 19.8. The number of thioether (sulfide) groups is 1. The summed E-state index contributed by atoms with van der Waals surface area (Å²) in [6, 6.07) is 5.58. The number of benzene rings is 1. The van der Waals surface area contributed by atoms with Crippen molar-refractivity contribution in [3.05, 3.63) is 23.8 Å². The molecule has 2 N–H and O–H groups in total. The lowest BCUT2D eigenvalue weighted by atomic mass is 10.1. The number of likely N-dealkylation sites (tertiary alicyclic amines) is 1. The van der Waals surface area contributed by atoms with E-state index in [9.17, 15) is 23.3 Å². The molecule has 2 aliphatic rings. The van der Waals surface area contributed by atoms with Crippen molar-refractivity contribution in [3.63, 3.8) is 0 Å². The molecule has 0 bridgehead atoms. The Balaban J connectivity index is 1.73. The summed E-state index contributed by atoms with van der Waals surface area (Å²) in [6.45, 7) is 5.58. The van der Waals surface area contributed by atoms with Crippen LogP contribution in [-0.2, 0) is 14.8 Å². The van der Waals surface area contributed by atoms with E-state index in [1.807, 2.05) is 13.0 Å². The van der Waals surface area contributed by atoms with Gasteiger partial charge < -0.3 is 15.5 Å². The average molecular weight is 480 g/mol. The largest absolute Gasteiger partial charge is 0.354 e. The maximum absolute atomic E-state index is 13.2. The number of nitrogens with one attached hydrogen (secondary N) is 2. The fourth-order valence-electron chi connectivity index (χ4n) is 3.79. The zero-order valence-electron chi connectivity index (χ0n) is 18.2. The van der Waals surface area contributed by atoms with Crippen LogP contribution in [-0.4, -0.2) is 74.1 Å². The smallest absolute Gasteiger partial charge is 0.331 e. The first kappa shape index (κ1) is 24.4. The standard InChI is InChI=1S/C21H29N5O4S2/c1-2-17(20(27)23-8-12-25-10-4-3-5-11-25)31-18-7-6-16(15-22)14-19(18)32(29,30)26-13-9-24-21(26)28/h6-7,14,17H,2-5,8-13H2,1H3,(H,23,27)(H,24,28). The highest BCUT2D eigenvalue weighted by molar-refractivity contribution is 8.01. The summed E-state index contributed by atoms with van der Waals surface area (Å²) in [4.78, 5) is 27.3.